The van der Waals surface area contributed by atoms with Crippen LogP contribution in [-0.4, -0.2) is 36.6 Å². The van der Waals surface area contributed by atoms with Crippen LogP contribution in [0.5, 0.6) is 0 Å². The third kappa shape index (κ3) is 3.14. The molecule has 1 amide bonds. The first kappa shape index (κ1) is 17.5. The standard InChI is InChI=1S/C21H16N4O3/c26-19(15-5-9-22-10-6-15)17-18(16-4-2-8-24-12-16)25(21(28)20(17)27)13-14-3-1-7-23-11-14/h1-12,18,26H,13H2/b19-17+. The van der Waals surface area contributed by atoms with Crippen molar-refractivity contribution in [2.75, 3.05) is 0 Å². The number of hydrogen-bond acceptors (Lipinski definition) is 6. The summed E-state index contributed by atoms with van der Waals surface area (Å²) >= 11 is 0. The lowest BCUT2D eigenvalue weighted by Gasteiger charge is -2.25. The highest BCUT2D eigenvalue weighted by Gasteiger charge is 2.46. The van der Waals surface area contributed by atoms with Crippen LogP contribution < -0.4 is 0 Å². The highest BCUT2D eigenvalue weighted by molar-refractivity contribution is 6.46. The van der Waals surface area contributed by atoms with Gasteiger partial charge in [0, 0.05) is 49.3 Å². The van der Waals surface area contributed by atoms with Gasteiger partial charge < -0.3 is 10.0 Å². The molecule has 0 radical (unpaired) electrons. The molecule has 0 aromatic carbocycles. The summed E-state index contributed by atoms with van der Waals surface area (Å²) in [6.07, 6.45) is 9.51. The first-order valence-corrected chi connectivity index (χ1v) is 8.64. The third-order valence-electron chi connectivity index (χ3n) is 4.57. The van der Waals surface area contributed by atoms with Crippen molar-refractivity contribution in [3.63, 3.8) is 0 Å². The summed E-state index contributed by atoms with van der Waals surface area (Å²) in [5, 5.41) is 10.8. The van der Waals surface area contributed by atoms with E-state index in [4.69, 9.17) is 0 Å². The molecule has 0 saturated carbocycles. The number of hydrogen-bond donors (Lipinski definition) is 1. The summed E-state index contributed by atoms with van der Waals surface area (Å²) in [7, 11) is 0. The number of likely N-dealkylation sites (tertiary alicyclic amines) is 1. The van der Waals surface area contributed by atoms with Gasteiger partial charge in [-0.25, -0.2) is 0 Å². The second-order valence-corrected chi connectivity index (χ2v) is 6.31. The zero-order chi connectivity index (χ0) is 19.5. The Kier molecular flexibility index (Phi) is 4.63. The number of rotatable bonds is 4. The van der Waals surface area contributed by atoms with Crippen molar-refractivity contribution in [1.29, 1.82) is 0 Å². The molecule has 0 spiro atoms. The minimum Gasteiger partial charge on any atom is -0.507 e. The van der Waals surface area contributed by atoms with Crippen LogP contribution in [0.3, 0.4) is 0 Å². The number of aliphatic hydroxyl groups excluding tert-OH is 1. The van der Waals surface area contributed by atoms with E-state index in [1.54, 1.807) is 55.1 Å². The summed E-state index contributed by atoms with van der Waals surface area (Å²) in [5.74, 6) is -1.64. The van der Waals surface area contributed by atoms with Crippen LogP contribution in [-0.2, 0) is 16.1 Å². The Morgan fingerprint density at radius 2 is 1.64 bits per heavy atom. The first-order valence-electron chi connectivity index (χ1n) is 8.64. The molecule has 7 nitrogen and oxygen atoms in total. The zero-order valence-corrected chi connectivity index (χ0v) is 14.8. The fourth-order valence-corrected chi connectivity index (χ4v) is 3.28. The van der Waals surface area contributed by atoms with E-state index in [2.05, 4.69) is 15.0 Å². The predicted molar refractivity (Wildman–Crippen MR) is 101 cm³/mol. The maximum Gasteiger partial charge on any atom is 0.295 e. The number of pyridine rings is 3. The van der Waals surface area contributed by atoms with Gasteiger partial charge in [0.15, 0.2) is 0 Å². The topological polar surface area (TPSA) is 96.3 Å². The molecule has 1 N–H and O–H groups in total. The van der Waals surface area contributed by atoms with E-state index in [1.165, 1.54) is 17.3 Å². The van der Waals surface area contributed by atoms with E-state index in [-0.39, 0.29) is 17.9 Å². The molecule has 138 valence electrons. The van der Waals surface area contributed by atoms with Crippen LogP contribution in [0.2, 0.25) is 0 Å². The highest BCUT2D eigenvalue weighted by Crippen LogP contribution is 2.39. The smallest absolute Gasteiger partial charge is 0.295 e. The molecule has 1 aliphatic rings. The molecule has 3 aromatic heterocycles. The van der Waals surface area contributed by atoms with E-state index in [9.17, 15) is 14.7 Å². The summed E-state index contributed by atoms with van der Waals surface area (Å²) in [5.41, 5.74) is 1.87. The molecule has 0 bridgehead atoms. The van der Waals surface area contributed by atoms with Crippen molar-refractivity contribution in [2.24, 2.45) is 0 Å². The number of aliphatic hydroxyl groups is 1. The largest absolute Gasteiger partial charge is 0.507 e. The minimum atomic E-state index is -0.748. The van der Waals surface area contributed by atoms with Crippen molar-refractivity contribution in [3.8, 4) is 0 Å². The van der Waals surface area contributed by atoms with Gasteiger partial charge in [-0.3, -0.25) is 24.5 Å². The molecule has 0 aliphatic carbocycles. The van der Waals surface area contributed by atoms with Crippen LogP contribution in [0.4, 0.5) is 0 Å². The maximum atomic E-state index is 12.8. The van der Waals surface area contributed by atoms with Gasteiger partial charge in [0.25, 0.3) is 11.7 Å². The maximum absolute atomic E-state index is 12.8. The quantitative estimate of drug-likeness (QED) is 0.429. The SMILES string of the molecule is O=C1C(=O)N(Cc2cccnc2)C(c2cccnc2)/C1=C(\O)c1ccncc1. The zero-order valence-electron chi connectivity index (χ0n) is 14.8. The van der Waals surface area contributed by atoms with Gasteiger partial charge >= 0.3 is 0 Å². The summed E-state index contributed by atoms with van der Waals surface area (Å²) in [6, 6.07) is 9.53. The Morgan fingerprint density at radius 3 is 2.29 bits per heavy atom. The van der Waals surface area contributed by atoms with Crippen molar-refractivity contribution in [1.82, 2.24) is 19.9 Å². The molecule has 1 saturated heterocycles. The first-order chi connectivity index (χ1) is 13.7. The van der Waals surface area contributed by atoms with Crippen LogP contribution in [0.1, 0.15) is 22.7 Å². The van der Waals surface area contributed by atoms with Crippen LogP contribution >= 0.6 is 0 Å². The van der Waals surface area contributed by atoms with Crippen molar-refractivity contribution in [2.45, 2.75) is 12.6 Å². The number of carbonyl (C=O) groups is 2. The van der Waals surface area contributed by atoms with E-state index in [0.717, 1.165) is 5.56 Å². The monoisotopic (exact) mass is 372 g/mol. The van der Waals surface area contributed by atoms with Gasteiger partial charge in [0.1, 0.15) is 5.76 Å². The molecule has 1 fully saturated rings. The molecular formula is C21H16N4O3. The highest BCUT2D eigenvalue weighted by atomic mass is 16.3. The van der Waals surface area contributed by atoms with Crippen LogP contribution in [0, 0.1) is 0 Å². The van der Waals surface area contributed by atoms with Gasteiger partial charge in [-0.1, -0.05) is 12.1 Å². The van der Waals surface area contributed by atoms with Gasteiger partial charge in [-0.2, -0.15) is 0 Å². The lowest BCUT2D eigenvalue weighted by molar-refractivity contribution is -0.140. The summed E-state index contributed by atoms with van der Waals surface area (Å²) in [4.78, 5) is 39.2. The van der Waals surface area contributed by atoms with Crippen molar-refractivity contribution < 1.29 is 14.7 Å². The Bertz CT molecular complexity index is 1040. The van der Waals surface area contributed by atoms with E-state index >= 15 is 0 Å². The lowest BCUT2D eigenvalue weighted by Crippen LogP contribution is -2.29. The fourth-order valence-electron chi connectivity index (χ4n) is 3.28. The van der Waals surface area contributed by atoms with E-state index < -0.39 is 17.7 Å². The minimum absolute atomic E-state index is 0.0353. The van der Waals surface area contributed by atoms with Crippen molar-refractivity contribution in [3.05, 3.63) is 95.8 Å². The lowest BCUT2D eigenvalue weighted by atomic mass is 9.96. The molecule has 4 heterocycles. The van der Waals surface area contributed by atoms with E-state index in [1.807, 2.05) is 6.07 Å². The Balaban J connectivity index is 1.85. The Labute approximate surface area is 161 Å². The van der Waals surface area contributed by atoms with Crippen LogP contribution in [0.15, 0.2) is 79.2 Å². The number of ketones is 1. The van der Waals surface area contributed by atoms with Gasteiger partial charge in [0.2, 0.25) is 0 Å². The molecule has 4 rings (SSSR count). The average molecular weight is 372 g/mol. The summed E-state index contributed by atoms with van der Waals surface area (Å²) < 4.78 is 0. The number of Topliss-reactive ketones (excluding diaryl/α,β-unsaturated/α-hetero) is 1. The van der Waals surface area contributed by atoms with Gasteiger partial charge in [0.05, 0.1) is 11.6 Å². The molecule has 28 heavy (non-hydrogen) atoms. The third-order valence-corrected chi connectivity index (χ3v) is 4.57. The normalized spacial score (nSPS) is 18.4. The second kappa shape index (κ2) is 7.40. The Hall–Kier alpha value is -3.87. The van der Waals surface area contributed by atoms with E-state index in [0.29, 0.717) is 11.1 Å². The molecule has 1 aliphatic heterocycles. The summed E-state index contributed by atoms with van der Waals surface area (Å²) in [6.45, 7) is 0.186. The molecule has 1 unspecified atom stereocenters. The fraction of sp³-hybridized carbons (Fsp3) is 0.0952. The Morgan fingerprint density at radius 1 is 0.929 bits per heavy atom. The number of nitrogens with zero attached hydrogens (tertiary/aromatic N) is 4. The number of aromatic nitrogens is 3. The van der Waals surface area contributed by atoms with Gasteiger partial charge in [-0.05, 0) is 35.4 Å². The van der Waals surface area contributed by atoms with Crippen LogP contribution in [0.25, 0.3) is 5.76 Å². The average Bonchev–Trinajstić information content (AvgIpc) is 3.00. The number of amides is 1. The molecule has 3 aromatic rings. The van der Waals surface area contributed by atoms with Gasteiger partial charge in [-0.15, -0.1) is 0 Å². The predicted octanol–water partition coefficient (Wildman–Crippen LogP) is 2.49. The van der Waals surface area contributed by atoms with Crippen molar-refractivity contribution >= 4 is 17.4 Å². The molecule has 7 heteroatoms. The molecular weight excluding hydrogens is 356 g/mol. The second-order valence-electron chi connectivity index (χ2n) is 6.31. The molecule has 1 atom stereocenters. The number of carbonyl (C=O) groups excluding carboxylic acids is 2.